The highest BCUT2D eigenvalue weighted by Crippen LogP contribution is 2.61. The average Bonchev–Trinajstić information content (AvgIpc) is 3.61. The average molecular weight is 623 g/mol. The predicted molar refractivity (Wildman–Crippen MR) is 194 cm³/mol. The van der Waals surface area contributed by atoms with Gasteiger partial charge in [0.2, 0.25) is 0 Å². The number of fused-ring (bicyclic) bond motifs is 1. The van der Waals surface area contributed by atoms with Gasteiger partial charge < -0.3 is 9.80 Å². The maximum absolute atomic E-state index is 5.17. The van der Waals surface area contributed by atoms with Gasteiger partial charge in [0.15, 0.2) is 0 Å². The van der Waals surface area contributed by atoms with Crippen LogP contribution in [0.5, 0.6) is 0 Å². The second-order valence-corrected chi connectivity index (χ2v) is 13.2. The van der Waals surface area contributed by atoms with Gasteiger partial charge in [0.05, 0.1) is 22.8 Å². The van der Waals surface area contributed by atoms with Crippen LogP contribution >= 0.6 is 11.7 Å². The summed E-state index contributed by atoms with van der Waals surface area (Å²) in [6.45, 7) is 0. The Kier molecular flexibility index (Phi) is 5.67. The summed E-state index contributed by atoms with van der Waals surface area (Å²) in [7, 11) is 0. The van der Waals surface area contributed by atoms with Gasteiger partial charge in [-0.2, -0.15) is 8.75 Å². The SMILES string of the molecule is C1=CC2(N(c3ccccc3)c3ccccc3)CC=C1c1c2c2c3nsnc3c1C1=CCC2(N(c2ccccc2)c2ccccc2)C=C1. The molecule has 5 aromatic carbocycles. The van der Waals surface area contributed by atoms with Gasteiger partial charge in [0, 0.05) is 33.9 Å². The Balaban J connectivity index is 1.36. The van der Waals surface area contributed by atoms with Gasteiger partial charge in [0.25, 0.3) is 0 Å². The van der Waals surface area contributed by atoms with Crippen LogP contribution < -0.4 is 9.80 Å². The summed E-state index contributed by atoms with van der Waals surface area (Å²) in [4.78, 5) is 5.10. The fourth-order valence-electron chi connectivity index (χ4n) is 8.51. The molecule has 1 aromatic heterocycles. The lowest BCUT2D eigenvalue weighted by atomic mass is 9.61. The van der Waals surface area contributed by atoms with Gasteiger partial charge in [-0.3, -0.25) is 0 Å². The van der Waals surface area contributed by atoms with Crippen LogP contribution in [0.4, 0.5) is 22.7 Å². The Morgan fingerprint density at radius 1 is 0.468 bits per heavy atom. The molecule has 47 heavy (non-hydrogen) atoms. The van der Waals surface area contributed by atoms with Gasteiger partial charge in [-0.25, -0.2) is 0 Å². The molecule has 2 atom stereocenters. The van der Waals surface area contributed by atoms with Crippen LogP contribution in [-0.4, -0.2) is 8.75 Å². The molecule has 0 saturated carbocycles. The van der Waals surface area contributed by atoms with E-state index in [0.717, 1.165) is 46.6 Å². The molecule has 4 nitrogen and oxygen atoms in total. The molecule has 1 heterocycles. The predicted octanol–water partition coefficient (Wildman–Crippen LogP) is 10.5. The van der Waals surface area contributed by atoms with E-state index < -0.39 is 11.1 Å². The van der Waals surface area contributed by atoms with Crippen molar-refractivity contribution in [2.75, 3.05) is 9.80 Å². The summed E-state index contributed by atoms with van der Waals surface area (Å²) in [6.07, 6.45) is 16.1. The molecule has 0 amide bonds. The van der Waals surface area contributed by atoms with Gasteiger partial charge in [-0.1, -0.05) is 109 Å². The van der Waals surface area contributed by atoms with E-state index in [0.29, 0.717) is 0 Å². The molecular formula is C42H30N4S. The van der Waals surface area contributed by atoms with Crippen LogP contribution in [0.2, 0.25) is 0 Å². The summed E-state index contributed by atoms with van der Waals surface area (Å²) in [5, 5.41) is 0. The number of nitrogens with zero attached hydrogens (tertiary/aromatic N) is 4. The van der Waals surface area contributed by atoms with E-state index in [1.165, 1.54) is 45.1 Å². The lowest BCUT2D eigenvalue weighted by Crippen LogP contribution is -2.51. The highest BCUT2D eigenvalue weighted by atomic mass is 32.1. The summed E-state index contributed by atoms with van der Waals surface area (Å²) in [5.74, 6) is 0. The molecule has 2 unspecified atom stereocenters. The lowest BCUT2D eigenvalue weighted by Gasteiger charge is -2.54. The molecule has 6 aromatic rings. The van der Waals surface area contributed by atoms with E-state index in [1.807, 2.05) is 0 Å². The lowest BCUT2D eigenvalue weighted by molar-refractivity contribution is 0.491. The van der Waals surface area contributed by atoms with E-state index in [1.54, 1.807) is 0 Å². The first kappa shape index (κ1) is 26.7. The second kappa shape index (κ2) is 9.99. The smallest absolute Gasteiger partial charge is 0.113 e. The zero-order valence-electron chi connectivity index (χ0n) is 25.6. The van der Waals surface area contributed by atoms with Crippen LogP contribution in [0, 0.1) is 0 Å². The maximum Gasteiger partial charge on any atom is 0.113 e. The monoisotopic (exact) mass is 622 g/mol. The summed E-state index contributed by atoms with van der Waals surface area (Å²) >= 11 is 1.33. The van der Waals surface area contributed by atoms with E-state index in [9.17, 15) is 0 Å². The first-order chi connectivity index (χ1) is 23.3. The second-order valence-electron chi connectivity index (χ2n) is 12.7. The van der Waals surface area contributed by atoms with Gasteiger partial charge in [-0.05, 0) is 83.6 Å². The molecule has 14 rings (SSSR count). The normalized spacial score (nSPS) is 21.3. The van der Waals surface area contributed by atoms with Crippen LogP contribution in [-0.2, 0) is 11.1 Å². The summed E-state index contributed by atoms with van der Waals surface area (Å²) in [6, 6.07) is 43.4. The number of anilines is 4. The molecule has 0 aliphatic heterocycles. The van der Waals surface area contributed by atoms with Crippen molar-refractivity contribution in [3.05, 3.63) is 180 Å². The molecule has 8 aliphatic rings. The Bertz CT molecular complexity index is 2230. The van der Waals surface area contributed by atoms with Crippen LogP contribution in [0.25, 0.3) is 22.2 Å². The van der Waals surface area contributed by atoms with Gasteiger partial charge >= 0.3 is 0 Å². The van der Waals surface area contributed by atoms with Crippen LogP contribution in [0.3, 0.4) is 0 Å². The standard InChI is InChI=1S/C42H30N4S/c1-5-13-31(14-6-1)45(32-15-7-2-8-16-32)41-25-21-29(22-26-41)35-36-30-23-27-42(28-24-30,38(37(35)41)40-39(36)43-47-44-40)46(33-17-9-3-10-18-33)34-19-11-4-12-20-34/h1-25,27H,26,28H2. The third-order valence-electron chi connectivity index (χ3n) is 10.4. The van der Waals surface area contributed by atoms with Crippen molar-refractivity contribution in [3.8, 4) is 0 Å². The minimum absolute atomic E-state index is 0.500. The molecule has 8 aliphatic carbocycles. The molecule has 6 bridgehead atoms. The zero-order valence-corrected chi connectivity index (χ0v) is 26.4. The fraction of sp³-hybridized carbons (Fsp3) is 0.0952. The third-order valence-corrected chi connectivity index (χ3v) is 10.9. The van der Waals surface area contributed by atoms with E-state index >= 15 is 0 Å². The maximum atomic E-state index is 5.17. The van der Waals surface area contributed by atoms with Crippen molar-refractivity contribution in [1.29, 1.82) is 0 Å². The van der Waals surface area contributed by atoms with Crippen molar-refractivity contribution >= 4 is 56.7 Å². The minimum Gasteiger partial charge on any atom is -0.327 e. The number of rotatable bonds is 6. The number of para-hydroxylation sites is 4. The summed E-state index contributed by atoms with van der Waals surface area (Å²) < 4.78 is 10.2. The molecule has 224 valence electrons. The van der Waals surface area contributed by atoms with E-state index in [-0.39, 0.29) is 0 Å². The Morgan fingerprint density at radius 2 is 0.872 bits per heavy atom. The topological polar surface area (TPSA) is 32.3 Å². The molecule has 0 fully saturated rings. The van der Waals surface area contributed by atoms with Crippen molar-refractivity contribution in [3.63, 3.8) is 0 Å². The summed E-state index contributed by atoms with van der Waals surface area (Å²) in [5.41, 5.74) is 13.1. The highest BCUT2D eigenvalue weighted by Gasteiger charge is 2.54. The number of benzene rings is 5. The van der Waals surface area contributed by atoms with Crippen molar-refractivity contribution in [2.45, 2.75) is 23.9 Å². The van der Waals surface area contributed by atoms with Crippen molar-refractivity contribution in [1.82, 2.24) is 8.75 Å². The first-order valence-electron chi connectivity index (χ1n) is 16.2. The molecule has 0 saturated heterocycles. The third kappa shape index (κ3) is 3.63. The fourth-order valence-corrected chi connectivity index (χ4v) is 9.07. The Hall–Kier alpha value is -5.52. The molecule has 5 heteroatoms. The van der Waals surface area contributed by atoms with Crippen LogP contribution in [0.15, 0.2) is 158 Å². The molecule has 0 spiro atoms. The van der Waals surface area contributed by atoms with Crippen LogP contribution in [0.1, 0.15) is 35.1 Å². The number of aromatic nitrogens is 2. The minimum atomic E-state index is -0.568. The number of allylic oxidation sites excluding steroid dienone is 4. The van der Waals surface area contributed by atoms with Gasteiger partial charge in [0.1, 0.15) is 11.0 Å². The van der Waals surface area contributed by atoms with E-state index in [4.69, 9.17) is 8.75 Å². The van der Waals surface area contributed by atoms with E-state index in [2.05, 4.69) is 168 Å². The quantitative estimate of drug-likeness (QED) is 0.185. The van der Waals surface area contributed by atoms with Crippen molar-refractivity contribution < 1.29 is 0 Å². The molecular weight excluding hydrogens is 593 g/mol. The molecule has 0 N–H and O–H groups in total. The highest BCUT2D eigenvalue weighted by molar-refractivity contribution is 7.00. The first-order valence-corrected chi connectivity index (χ1v) is 16.9. The Morgan fingerprint density at radius 3 is 1.30 bits per heavy atom. The van der Waals surface area contributed by atoms with Crippen molar-refractivity contribution in [2.24, 2.45) is 0 Å². The number of hydrogen-bond acceptors (Lipinski definition) is 5. The van der Waals surface area contributed by atoms with Gasteiger partial charge in [-0.15, -0.1) is 0 Å². The number of hydrogen-bond donors (Lipinski definition) is 0. The molecule has 0 radical (unpaired) electrons. The Labute approximate surface area is 278 Å². The zero-order chi connectivity index (χ0) is 31.0. The largest absolute Gasteiger partial charge is 0.327 e.